The first-order valence-electron chi connectivity index (χ1n) is 3.55. The van der Waals surface area contributed by atoms with E-state index in [2.05, 4.69) is 4.98 Å². The van der Waals surface area contributed by atoms with E-state index in [1.807, 2.05) is 0 Å². The largest absolute Gasteiger partial charge is 0.418 e. The molecule has 0 fully saturated rings. The van der Waals surface area contributed by atoms with Gasteiger partial charge in [0.2, 0.25) is 0 Å². The van der Waals surface area contributed by atoms with E-state index in [-0.39, 0.29) is 11.6 Å². The van der Waals surface area contributed by atoms with Gasteiger partial charge in [0.15, 0.2) is 0 Å². The quantitative estimate of drug-likeness (QED) is 0.648. The molecule has 0 saturated carbocycles. The van der Waals surface area contributed by atoms with Crippen molar-refractivity contribution in [3.05, 3.63) is 29.1 Å². The minimum Gasteiger partial charge on any atom is -0.256 e. The van der Waals surface area contributed by atoms with E-state index >= 15 is 0 Å². The lowest BCUT2D eigenvalue weighted by atomic mass is 10.2. The zero-order chi connectivity index (χ0) is 10.1. The Labute approximate surface area is 78.5 Å². The van der Waals surface area contributed by atoms with Gasteiger partial charge in [-0.15, -0.1) is 11.6 Å². The van der Waals surface area contributed by atoms with Crippen LogP contribution in [0.3, 0.4) is 0 Å². The molecule has 0 aromatic carbocycles. The number of aromatic nitrogens is 1. The first-order chi connectivity index (χ1) is 5.95. The van der Waals surface area contributed by atoms with E-state index < -0.39 is 11.7 Å². The van der Waals surface area contributed by atoms with Crippen LogP contribution in [0.1, 0.15) is 17.0 Å². The fraction of sp³-hybridized carbons (Fsp3) is 0.375. The molecular weight excluding hydrogens is 203 g/mol. The molecule has 0 radical (unpaired) electrons. The number of pyridine rings is 1. The van der Waals surface area contributed by atoms with Crippen molar-refractivity contribution >= 4 is 11.6 Å². The van der Waals surface area contributed by atoms with Gasteiger partial charge in [-0.2, -0.15) is 13.2 Å². The summed E-state index contributed by atoms with van der Waals surface area (Å²) in [4.78, 5) is 3.71. The molecule has 0 aliphatic carbocycles. The molecule has 1 aromatic heterocycles. The van der Waals surface area contributed by atoms with Crippen LogP contribution in [0, 0.1) is 6.92 Å². The van der Waals surface area contributed by atoms with Crippen molar-refractivity contribution < 1.29 is 13.2 Å². The van der Waals surface area contributed by atoms with Crippen molar-refractivity contribution in [1.82, 2.24) is 4.98 Å². The van der Waals surface area contributed by atoms with E-state index in [9.17, 15) is 13.2 Å². The van der Waals surface area contributed by atoms with Gasteiger partial charge in [0.25, 0.3) is 0 Å². The van der Waals surface area contributed by atoms with Crippen molar-refractivity contribution in [2.45, 2.75) is 19.0 Å². The number of halogens is 4. The van der Waals surface area contributed by atoms with Gasteiger partial charge < -0.3 is 0 Å². The van der Waals surface area contributed by atoms with Crippen LogP contribution in [0.4, 0.5) is 13.2 Å². The van der Waals surface area contributed by atoms with Gasteiger partial charge in [0, 0.05) is 5.69 Å². The molecule has 0 spiro atoms. The summed E-state index contributed by atoms with van der Waals surface area (Å²) in [5.74, 6) is -0.226. The molecule has 0 N–H and O–H groups in total. The summed E-state index contributed by atoms with van der Waals surface area (Å²) in [5, 5.41) is 0. The summed E-state index contributed by atoms with van der Waals surface area (Å²) in [6.07, 6.45) is -4.37. The zero-order valence-electron chi connectivity index (χ0n) is 6.82. The van der Waals surface area contributed by atoms with Gasteiger partial charge in [0.1, 0.15) is 0 Å². The Morgan fingerprint density at radius 3 is 2.46 bits per heavy atom. The maximum absolute atomic E-state index is 12.3. The molecule has 72 valence electrons. The Kier molecular flexibility index (Phi) is 2.81. The lowest BCUT2D eigenvalue weighted by Crippen LogP contribution is -2.10. The Morgan fingerprint density at radius 2 is 2.00 bits per heavy atom. The third kappa shape index (κ3) is 2.34. The summed E-state index contributed by atoms with van der Waals surface area (Å²) < 4.78 is 36.8. The molecule has 0 unspecified atom stereocenters. The van der Waals surface area contributed by atoms with Gasteiger partial charge in [-0.3, -0.25) is 4.98 Å². The molecule has 1 aromatic rings. The molecule has 0 aliphatic rings. The van der Waals surface area contributed by atoms with Gasteiger partial charge in [-0.1, -0.05) is 0 Å². The Balaban J connectivity index is 3.22. The van der Waals surface area contributed by atoms with Crippen LogP contribution in [-0.2, 0) is 12.1 Å². The highest BCUT2D eigenvalue weighted by atomic mass is 35.5. The molecule has 1 rings (SSSR count). The molecule has 0 saturated heterocycles. The Hall–Kier alpha value is -0.770. The maximum Gasteiger partial charge on any atom is 0.418 e. The minimum atomic E-state index is -4.37. The molecule has 0 amide bonds. The topological polar surface area (TPSA) is 12.9 Å². The second-order valence-corrected chi connectivity index (χ2v) is 2.85. The monoisotopic (exact) mass is 209 g/mol. The van der Waals surface area contributed by atoms with Crippen molar-refractivity contribution in [3.63, 3.8) is 0 Å². The van der Waals surface area contributed by atoms with Crippen molar-refractivity contribution in [2.24, 2.45) is 0 Å². The van der Waals surface area contributed by atoms with E-state index in [1.54, 1.807) is 6.92 Å². The van der Waals surface area contributed by atoms with Crippen LogP contribution in [0.25, 0.3) is 0 Å². The molecule has 13 heavy (non-hydrogen) atoms. The predicted molar refractivity (Wildman–Crippen MR) is 43.5 cm³/mol. The minimum absolute atomic E-state index is 0.117. The molecule has 1 nitrogen and oxygen atoms in total. The van der Waals surface area contributed by atoms with E-state index in [4.69, 9.17) is 11.6 Å². The summed E-state index contributed by atoms with van der Waals surface area (Å²) in [7, 11) is 0. The van der Waals surface area contributed by atoms with E-state index in [1.165, 1.54) is 6.07 Å². The van der Waals surface area contributed by atoms with Crippen molar-refractivity contribution in [1.29, 1.82) is 0 Å². The number of alkyl halides is 4. The summed E-state index contributed by atoms with van der Waals surface area (Å²) in [6, 6.07) is 2.32. The predicted octanol–water partition coefficient (Wildman–Crippen LogP) is 3.15. The SMILES string of the molecule is Cc1ccc(C(F)(F)F)c(CCl)n1. The number of aryl methyl sites for hydroxylation is 1. The van der Waals surface area contributed by atoms with Crippen LogP contribution in [0.2, 0.25) is 0 Å². The summed E-state index contributed by atoms with van der Waals surface area (Å²) in [5.41, 5.74) is -0.342. The summed E-state index contributed by atoms with van der Waals surface area (Å²) >= 11 is 5.35. The number of nitrogens with zero attached hydrogens (tertiary/aromatic N) is 1. The first-order valence-corrected chi connectivity index (χ1v) is 4.08. The number of rotatable bonds is 1. The first kappa shape index (κ1) is 10.3. The third-order valence-electron chi connectivity index (χ3n) is 1.55. The standard InChI is InChI=1S/C8H7ClF3N/c1-5-2-3-6(8(10,11)12)7(4-9)13-5/h2-3H,4H2,1H3. The smallest absolute Gasteiger partial charge is 0.256 e. The molecule has 0 aliphatic heterocycles. The van der Waals surface area contributed by atoms with Crippen LogP contribution in [-0.4, -0.2) is 4.98 Å². The normalized spacial score (nSPS) is 11.8. The highest BCUT2D eigenvalue weighted by Crippen LogP contribution is 2.31. The number of hydrogen-bond donors (Lipinski definition) is 0. The van der Waals surface area contributed by atoms with Gasteiger partial charge in [-0.25, -0.2) is 0 Å². The summed E-state index contributed by atoms with van der Waals surface area (Å²) in [6.45, 7) is 1.62. The van der Waals surface area contributed by atoms with Crippen molar-refractivity contribution in [3.8, 4) is 0 Å². The van der Waals surface area contributed by atoms with Crippen LogP contribution >= 0.6 is 11.6 Å². The molecule has 5 heteroatoms. The molecule has 0 atom stereocenters. The lowest BCUT2D eigenvalue weighted by Gasteiger charge is -2.10. The fourth-order valence-corrected chi connectivity index (χ4v) is 1.17. The van der Waals surface area contributed by atoms with E-state index in [0.29, 0.717) is 5.69 Å². The second-order valence-electron chi connectivity index (χ2n) is 2.58. The van der Waals surface area contributed by atoms with Crippen molar-refractivity contribution in [2.75, 3.05) is 0 Å². The highest BCUT2D eigenvalue weighted by Gasteiger charge is 2.33. The highest BCUT2D eigenvalue weighted by molar-refractivity contribution is 6.17. The number of hydrogen-bond acceptors (Lipinski definition) is 1. The Morgan fingerprint density at radius 1 is 1.38 bits per heavy atom. The average molecular weight is 210 g/mol. The van der Waals surface area contributed by atoms with Crippen LogP contribution < -0.4 is 0 Å². The van der Waals surface area contributed by atoms with Gasteiger partial charge >= 0.3 is 6.18 Å². The van der Waals surface area contributed by atoms with Crippen LogP contribution in [0.15, 0.2) is 12.1 Å². The average Bonchev–Trinajstić information content (AvgIpc) is 2.01. The molecular formula is C8H7ClF3N. The van der Waals surface area contributed by atoms with Gasteiger partial charge in [-0.05, 0) is 19.1 Å². The Bertz CT molecular complexity index is 309. The third-order valence-corrected chi connectivity index (χ3v) is 1.80. The molecule has 0 bridgehead atoms. The fourth-order valence-electron chi connectivity index (χ4n) is 0.970. The van der Waals surface area contributed by atoms with Gasteiger partial charge in [0.05, 0.1) is 17.1 Å². The van der Waals surface area contributed by atoms with Crippen LogP contribution in [0.5, 0.6) is 0 Å². The van der Waals surface area contributed by atoms with E-state index in [0.717, 1.165) is 6.07 Å². The second kappa shape index (κ2) is 3.54. The lowest BCUT2D eigenvalue weighted by molar-refractivity contribution is -0.138. The maximum atomic E-state index is 12.3. The molecule has 1 heterocycles. The zero-order valence-corrected chi connectivity index (χ0v) is 7.58.